The highest BCUT2D eigenvalue weighted by Gasteiger charge is 2.52. The molecule has 0 aliphatic heterocycles. The molecule has 0 fully saturated rings. The van der Waals surface area contributed by atoms with Gasteiger partial charge >= 0.3 is 0 Å². The molecule has 0 saturated heterocycles. The molecular formula is C43H15BF20N2O. The topological polar surface area (TPSA) is 44.7 Å². The fourth-order valence-electron chi connectivity index (χ4n) is 7.48. The fourth-order valence-corrected chi connectivity index (χ4v) is 7.48. The van der Waals surface area contributed by atoms with Gasteiger partial charge in [0.1, 0.15) is 59.1 Å². The summed E-state index contributed by atoms with van der Waals surface area (Å²) in [6.07, 6.45) is -7.32. The van der Waals surface area contributed by atoms with E-state index in [-0.39, 0.29) is 12.2 Å². The normalized spacial score (nSPS) is 11.4. The predicted octanol–water partition coefficient (Wildman–Crippen LogP) is 9.12. The van der Waals surface area contributed by atoms with Crippen LogP contribution in [0.5, 0.6) is 0 Å². The van der Waals surface area contributed by atoms with Crippen molar-refractivity contribution in [3.05, 3.63) is 194 Å². The molecule has 0 aliphatic carbocycles. The molecule has 0 saturated carbocycles. The van der Waals surface area contributed by atoms with Gasteiger partial charge in [0.05, 0.1) is 6.07 Å². The Morgan fingerprint density at radius 3 is 1.03 bits per heavy atom. The minimum absolute atomic E-state index is 0.104. The van der Waals surface area contributed by atoms with E-state index in [4.69, 9.17) is 5.26 Å². The van der Waals surface area contributed by atoms with Gasteiger partial charge in [0.2, 0.25) is 11.3 Å². The Bertz CT molecular complexity index is 2850. The van der Waals surface area contributed by atoms with E-state index in [1.807, 2.05) is 77.4 Å². The van der Waals surface area contributed by atoms with E-state index >= 15 is 35.1 Å². The molecule has 7 aromatic rings. The van der Waals surface area contributed by atoms with Gasteiger partial charge in [0.15, 0.2) is 76.4 Å². The summed E-state index contributed by atoms with van der Waals surface area (Å²) in [7, 11) is 0. The van der Waals surface area contributed by atoms with Crippen LogP contribution in [0.15, 0.2) is 66.7 Å². The summed E-state index contributed by atoms with van der Waals surface area (Å²) in [5.41, 5.74) is -11.6. The van der Waals surface area contributed by atoms with E-state index in [1.165, 1.54) is 0 Å². The Morgan fingerprint density at radius 2 is 0.701 bits per heavy atom. The molecule has 0 amide bonds. The number of aromatic nitrogens is 1. The fraction of sp³-hybridized carbons (Fsp3) is 0.0465. The molecule has 6 aromatic carbocycles. The maximum absolute atomic E-state index is 15.4. The summed E-state index contributed by atoms with van der Waals surface area (Å²) in [4.78, 5) is 12.3. The van der Waals surface area contributed by atoms with Crippen molar-refractivity contribution in [3.8, 4) is 6.07 Å². The summed E-state index contributed by atoms with van der Waals surface area (Å²) in [5, 5.41) is 9.89. The number of hydrogen-bond donors (Lipinski definition) is 0. The van der Waals surface area contributed by atoms with Gasteiger partial charge < -0.3 is 0 Å². The number of nitriles is 1. The first kappa shape index (κ1) is 49.0. The second-order valence-electron chi connectivity index (χ2n) is 13.9. The van der Waals surface area contributed by atoms with Crippen molar-refractivity contribution in [3.63, 3.8) is 0 Å². The molecule has 0 unspecified atom stereocenters. The highest BCUT2D eigenvalue weighted by atomic mass is 19.2. The van der Waals surface area contributed by atoms with Crippen molar-refractivity contribution in [1.82, 2.24) is 0 Å². The lowest BCUT2D eigenvalue weighted by Gasteiger charge is -2.44. The lowest BCUT2D eigenvalue weighted by molar-refractivity contribution is -0.664. The van der Waals surface area contributed by atoms with Crippen LogP contribution in [0.4, 0.5) is 87.8 Å². The van der Waals surface area contributed by atoms with E-state index in [9.17, 15) is 57.5 Å². The molecule has 67 heavy (non-hydrogen) atoms. The Kier molecular flexibility index (Phi) is 13.5. The van der Waals surface area contributed by atoms with Crippen LogP contribution in [0, 0.1) is 128 Å². The second kappa shape index (κ2) is 18.4. The number of fused-ring (bicyclic) bond motifs is 1. The van der Waals surface area contributed by atoms with Crippen LogP contribution in [0.1, 0.15) is 22.5 Å². The Labute approximate surface area is 360 Å². The maximum Gasteiger partial charge on any atom is 0.250 e. The average molecular weight is 966 g/mol. The highest BCUT2D eigenvalue weighted by Crippen LogP contribution is 2.31. The van der Waals surface area contributed by atoms with Crippen LogP contribution < -0.4 is 26.4 Å². The Balaban J connectivity index is 0.000000279. The number of carbonyl (C=O) groups is 1. The molecule has 0 spiro atoms. The molecule has 24 heteroatoms. The van der Waals surface area contributed by atoms with Crippen molar-refractivity contribution < 1.29 is 97.2 Å². The summed E-state index contributed by atoms with van der Waals surface area (Å²) in [5.74, 6) is -71.6. The van der Waals surface area contributed by atoms with Crippen LogP contribution in [-0.4, -0.2) is 11.9 Å². The van der Waals surface area contributed by atoms with Crippen molar-refractivity contribution in [2.24, 2.45) is 0 Å². The van der Waals surface area contributed by atoms with E-state index in [1.54, 1.807) is 0 Å². The van der Waals surface area contributed by atoms with Gasteiger partial charge in [-0.25, -0.2) is 87.8 Å². The SMILES string of the molecule is Fc1c(F)c(F)c([B-](c2c(F)c(F)c(F)c(F)c2F)(c2c(F)c(F)c(F)c(F)c2F)c2c(F)c(F)c(F)c(F)c2F)c(F)c1F.N#CCC(=O)c1ccc2ccccc2[n+]1Cc1ccccc1. The smallest absolute Gasteiger partial charge is 0.250 e. The quantitative estimate of drug-likeness (QED) is 0.0381. The van der Waals surface area contributed by atoms with Gasteiger partial charge in [0, 0.05) is 23.1 Å². The summed E-state index contributed by atoms with van der Waals surface area (Å²) in [6.45, 7) is 0.606. The molecule has 1 aromatic heterocycles. The number of Topliss-reactive ketones (excluding diaryl/α,β-unsaturated/α-hetero) is 1. The number of para-hydroxylation sites is 1. The first-order valence-corrected chi connectivity index (χ1v) is 18.1. The maximum atomic E-state index is 15.4. The molecule has 3 nitrogen and oxygen atoms in total. The molecule has 7 rings (SSSR count). The summed E-state index contributed by atoms with van der Waals surface area (Å²) in [6, 6.07) is 23.7. The first-order valence-electron chi connectivity index (χ1n) is 18.1. The first-order chi connectivity index (χ1) is 31.5. The average Bonchev–Trinajstić information content (AvgIpc) is 3.32. The summed E-state index contributed by atoms with van der Waals surface area (Å²) >= 11 is 0. The van der Waals surface area contributed by atoms with Crippen LogP contribution in [0.25, 0.3) is 10.9 Å². The third-order valence-corrected chi connectivity index (χ3v) is 10.4. The molecular weight excluding hydrogens is 951 g/mol. The monoisotopic (exact) mass is 966 g/mol. The van der Waals surface area contributed by atoms with Crippen LogP contribution in [0.2, 0.25) is 0 Å². The van der Waals surface area contributed by atoms with Crippen molar-refractivity contribution in [1.29, 1.82) is 5.26 Å². The lowest BCUT2D eigenvalue weighted by atomic mass is 9.12. The Hall–Kier alpha value is -7.45. The van der Waals surface area contributed by atoms with Crippen LogP contribution >= 0.6 is 0 Å². The molecule has 0 bridgehead atoms. The third kappa shape index (κ3) is 7.74. The van der Waals surface area contributed by atoms with E-state index in [0.29, 0.717) is 12.2 Å². The van der Waals surface area contributed by atoms with Crippen molar-refractivity contribution >= 4 is 44.7 Å². The molecule has 0 atom stereocenters. The van der Waals surface area contributed by atoms with Gasteiger partial charge in [-0.15, -0.1) is 21.9 Å². The lowest BCUT2D eigenvalue weighted by Crippen LogP contribution is -2.81. The second-order valence-corrected chi connectivity index (χ2v) is 13.9. The molecule has 0 aliphatic rings. The minimum atomic E-state index is -7.22. The number of halogens is 20. The molecule has 346 valence electrons. The van der Waals surface area contributed by atoms with Crippen LogP contribution in [0.3, 0.4) is 0 Å². The van der Waals surface area contributed by atoms with E-state index in [0.717, 1.165) is 16.5 Å². The third-order valence-electron chi connectivity index (χ3n) is 10.4. The number of carbonyl (C=O) groups excluding carboxylic acids is 1. The number of nitrogens with zero attached hydrogens (tertiary/aromatic N) is 2. The minimum Gasteiger partial charge on any atom is -0.286 e. The van der Waals surface area contributed by atoms with E-state index in [2.05, 4.69) is 0 Å². The Morgan fingerprint density at radius 1 is 0.403 bits per heavy atom. The van der Waals surface area contributed by atoms with Crippen molar-refractivity contribution in [2.75, 3.05) is 0 Å². The number of ketones is 1. The number of hydrogen-bond acceptors (Lipinski definition) is 2. The zero-order chi connectivity index (χ0) is 49.7. The number of pyridine rings is 1. The zero-order valence-corrected chi connectivity index (χ0v) is 32.2. The zero-order valence-electron chi connectivity index (χ0n) is 32.2. The van der Waals surface area contributed by atoms with Gasteiger partial charge in [-0.3, -0.25) is 4.79 Å². The standard InChI is InChI=1S/C24BF20.C19H15N2O/c26-5-1(6(27)14(35)21(42)13(5)34)25(2-7(28)15(36)22(43)16(37)8(2)29,3-9(30)17(38)23(44)18(39)10(3)31)4-11(32)19(40)24(45)20(41)12(4)33;20-13-12-19(22)18-11-10-16-8-4-5-9-17(16)21(18)14-15-6-2-1-3-7-15/h;1-11H,12,14H2/q-1;+1. The van der Waals surface area contributed by atoms with Gasteiger partial charge in [0.25, 0.3) is 5.69 Å². The largest absolute Gasteiger partial charge is 0.286 e. The van der Waals surface area contributed by atoms with Crippen LogP contribution in [-0.2, 0) is 6.54 Å². The van der Waals surface area contributed by atoms with Crippen molar-refractivity contribution in [2.45, 2.75) is 13.0 Å². The summed E-state index contributed by atoms with van der Waals surface area (Å²) < 4.78 is 296. The molecule has 0 N–H and O–H groups in total. The van der Waals surface area contributed by atoms with Gasteiger partial charge in [-0.1, -0.05) is 42.5 Å². The highest BCUT2D eigenvalue weighted by molar-refractivity contribution is 7.20. The predicted molar refractivity (Wildman–Crippen MR) is 193 cm³/mol. The number of rotatable bonds is 8. The van der Waals surface area contributed by atoms with Gasteiger partial charge in [-0.2, -0.15) is 9.83 Å². The van der Waals surface area contributed by atoms with E-state index < -0.39 is 144 Å². The van der Waals surface area contributed by atoms with Gasteiger partial charge in [-0.05, 0) is 12.1 Å². The molecule has 0 radical (unpaired) electrons. The molecule has 1 heterocycles. The number of benzene rings is 6.